The average molecular weight is 314 g/mol. The van der Waals surface area contributed by atoms with Gasteiger partial charge in [-0.3, -0.25) is 4.79 Å². The fraction of sp³-hybridized carbons (Fsp3) is 0.0625. The van der Waals surface area contributed by atoms with Gasteiger partial charge in [0.2, 0.25) is 0 Å². The van der Waals surface area contributed by atoms with Crippen LogP contribution in [0.2, 0.25) is 0 Å². The van der Waals surface area contributed by atoms with E-state index in [0.29, 0.717) is 0 Å². The summed E-state index contributed by atoms with van der Waals surface area (Å²) in [7, 11) is 0. The highest BCUT2D eigenvalue weighted by molar-refractivity contribution is 9.10. The molecule has 0 atom stereocenters. The summed E-state index contributed by atoms with van der Waals surface area (Å²) in [4.78, 5) is 11.9. The summed E-state index contributed by atoms with van der Waals surface area (Å²) in [5, 5.41) is 2.91. The van der Waals surface area contributed by atoms with Gasteiger partial charge in [-0.05, 0) is 36.8 Å². The van der Waals surface area contributed by atoms with Crippen molar-refractivity contribution in [3.05, 3.63) is 69.2 Å². The molecule has 94 valence electrons. The predicted octanol–water partition coefficient (Wildman–Crippen LogP) is 4.00. The minimum atomic E-state index is -0.0409. The molecule has 1 N–H and O–H groups in total. The lowest BCUT2D eigenvalue weighted by Crippen LogP contribution is -2.11. The zero-order valence-corrected chi connectivity index (χ0v) is 12.0. The second kappa shape index (κ2) is 4.67. The Balaban J connectivity index is 2.06. The van der Waals surface area contributed by atoms with Gasteiger partial charge in [0.1, 0.15) is 0 Å². The Hall–Kier alpha value is -1.87. The smallest absolute Gasteiger partial charge is 0.256 e. The van der Waals surface area contributed by atoms with Crippen molar-refractivity contribution < 1.29 is 4.79 Å². The maximum absolute atomic E-state index is 11.9. The third-order valence-electron chi connectivity index (χ3n) is 3.15. The van der Waals surface area contributed by atoms with Crippen molar-refractivity contribution in [1.29, 1.82) is 0 Å². The summed E-state index contributed by atoms with van der Waals surface area (Å²) >= 11 is 3.44. The van der Waals surface area contributed by atoms with E-state index >= 15 is 0 Å². The van der Waals surface area contributed by atoms with Gasteiger partial charge in [0.15, 0.2) is 0 Å². The zero-order valence-electron chi connectivity index (χ0n) is 10.4. The minimum Gasteiger partial charge on any atom is -0.321 e. The summed E-state index contributed by atoms with van der Waals surface area (Å²) in [6.07, 6.45) is 2.00. The third-order valence-corrected chi connectivity index (χ3v) is 3.65. The number of hydrogen-bond donors (Lipinski definition) is 1. The molecule has 1 aliphatic heterocycles. The van der Waals surface area contributed by atoms with Gasteiger partial charge >= 0.3 is 0 Å². The van der Waals surface area contributed by atoms with Crippen LogP contribution in [0.5, 0.6) is 0 Å². The number of carbonyl (C=O) groups excluding carboxylic acids is 1. The molecule has 0 radical (unpaired) electrons. The first-order valence-electron chi connectivity index (χ1n) is 6.03. The first kappa shape index (κ1) is 12.2. The highest BCUT2D eigenvalue weighted by Gasteiger charge is 2.23. The van der Waals surface area contributed by atoms with Gasteiger partial charge in [0.05, 0.1) is 0 Å². The molecule has 0 saturated heterocycles. The molecule has 3 rings (SSSR count). The Morgan fingerprint density at radius 1 is 1.05 bits per heavy atom. The van der Waals surface area contributed by atoms with Crippen molar-refractivity contribution in [1.82, 2.24) is 5.32 Å². The first-order valence-corrected chi connectivity index (χ1v) is 6.82. The molecule has 2 aromatic carbocycles. The first-order chi connectivity index (χ1) is 9.13. The number of carbonyl (C=O) groups is 1. The van der Waals surface area contributed by atoms with Crippen LogP contribution in [0.1, 0.15) is 27.0 Å². The monoisotopic (exact) mass is 313 g/mol. The van der Waals surface area contributed by atoms with E-state index < -0.39 is 0 Å². The van der Waals surface area contributed by atoms with Crippen LogP contribution in [0.25, 0.3) is 11.8 Å². The molecule has 0 unspecified atom stereocenters. The molecule has 2 aromatic rings. The summed E-state index contributed by atoms with van der Waals surface area (Å²) in [5.41, 5.74) is 4.82. The number of hydrogen-bond acceptors (Lipinski definition) is 1. The number of fused-ring (bicyclic) bond motifs is 1. The van der Waals surface area contributed by atoms with E-state index in [4.69, 9.17) is 0 Å². The van der Waals surface area contributed by atoms with Gasteiger partial charge in [0, 0.05) is 21.3 Å². The molecule has 1 aliphatic rings. The number of rotatable bonds is 1. The van der Waals surface area contributed by atoms with Crippen LogP contribution in [0.15, 0.2) is 46.9 Å². The van der Waals surface area contributed by atoms with Gasteiger partial charge in [-0.15, -0.1) is 0 Å². The molecule has 0 aromatic heterocycles. The molecule has 3 heteroatoms. The Kier molecular flexibility index (Phi) is 2.99. The van der Waals surface area contributed by atoms with Crippen LogP contribution >= 0.6 is 15.9 Å². The molecule has 19 heavy (non-hydrogen) atoms. The van der Waals surface area contributed by atoms with E-state index in [0.717, 1.165) is 26.9 Å². The topological polar surface area (TPSA) is 29.1 Å². The minimum absolute atomic E-state index is 0.0409. The van der Waals surface area contributed by atoms with Crippen LogP contribution in [-0.4, -0.2) is 5.91 Å². The van der Waals surface area contributed by atoms with E-state index in [-0.39, 0.29) is 5.91 Å². The van der Waals surface area contributed by atoms with Crippen molar-refractivity contribution in [3.8, 4) is 0 Å². The van der Waals surface area contributed by atoms with Gasteiger partial charge < -0.3 is 5.32 Å². The number of halogens is 1. The fourth-order valence-corrected chi connectivity index (χ4v) is 2.50. The number of benzene rings is 2. The van der Waals surface area contributed by atoms with Crippen molar-refractivity contribution in [3.63, 3.8) is 0 Å². The van der Waals surface area contributed by atoms with Gasteiger partial charge in [0.25, 0.3) is 5.91 Å². The lowest BCUT2D eigenvalue weighted by molar-refractivity contribution is 0.0981. The molecule has 0 saturated carbocycles. The highest BCUT2D eigenvalue weighted by Crippen LogP contribution is 2.28. The van der Waals surface area contributed by atoms with Crippen LogP contribution in [-0.2, 0) is 0 Å². The molecule has 0 aliphatic carbocycles. The molecule has 1 heterocycles. The zero-order chi connectivity index (χ0) is 13.4. The Morgan fingerprint density at radius 3 is 2.53 bits per heavy atom. The number of nitrogens with one attached hydrogen (secondary N) is 1. The molecule has 1 amide bonds. The maximum Gasteiger partial charge on any atom is 0.256 e. The lowest BCUT2D eigenvalue weighted by Gasteiger charge is -2.01. The average Bonchev–Trinajstić information content (AvgIpc) is 2.69. The molecule has 0 bridgehead atoms. The Bertz CT molecular complexity index is 686. The van der Waals surface area contributed by atoms with Crippen molar-refractivity contribution in [2.24, 2.45) is 0 Å². The lowest BCUT2D eigenvalue weighted by atomic mass is 10.1. The summed E-state index contributed by atoms with van der Waals surface area (Å²) in [6, 6.07) is 13.9. The highest BCUT2D eigenvalue weighted by atomic mass is 79.9. The van der Waals surface area contributed by atoms with Crippen LogP contribution < -0.4 is 5.32 Å². The SMILES string of the molecule is Cc1ccc(/C=C2/NC(=O)c3ccc(Br)cc32)cc1. The van der Waals surface area contributed by atoms with Crippen LogP contribution in [0, 0.1) is 6.92 Å². The summed E-state index contributed by atoms with van der Waals surface area (Å²) in [6.45, 7) is 2.06. The second-order valence-corrected chi connectivity index (χ2v) is 5.53. The van der Waals surface area contributed by atoms with Gasteiger partial charge in [-0.2, -0.15) is 0 Å². The van der Waals surface area contributed by atoms with Crippen LogP contribution in [0.3, 0.4) is 0 Å². The van der Waals surface area contributed by atoms with Gasteiger partial charge in [-0.25, -0.2) is 0 Å². The number of aryl methyl sites for hydroxylation is 1. The largest absolute Gasteiger partial charge is 0.321 e. The molecule has 0 fully saturated rings. The normalized spacial score (nSPS) is 15.5. The fourth-order valence-electron chi connectivity index (χ4n) is 2.14. The third kappa shape index (κ3) is 2.34. The van der Waals surface area contributed by atoms with E-state index in [1.165, 1.54) is 5.56 Å². The van der Waals surface area contributed by atoms with Gasteiger partial charge in [-0.1, -0.05) is 45.8 Å². The molecule has 0 spiro atoms. The van der Waals surface area contributed by atoms with E-state index in [1.807, 2.05) is 36.4 Å². The Labute approximate surface area is 120 Å². The Morgan fingerprint density at radius 2 is 1.79 bits per heavy atom. The predicted molar refractivity (Wildman–Crippen MR) is 80.7 cm³/mol. The quantitative estimate of drug-likeness (QED) is 0.847. The van der Waals surface area contributed by atoms with Crippen molar-refractivity contribution in [2.75, 3.05) is 0 Å². The summed E-state index contributed by atoms with van der Waals surface area (Å²) < 4.78 is 0.970. The van der Waals surface area contributed by atoms with Crippen molar-refractivity contribution >= 4 is 33.6 Å². The van der Waals surface area contributed by atoms with Crippen molar-refractivity contribution in [2.45, 2.75) is 6.92 Å². The van der Waals surface area contributed by atoms with E-state index in [2.05, 4.69) is 40.3 Å². The number of amides is 1. The molecule has 2 nitrogen and oxygen atoms in total. The van der Waals surface area contributed by atoms with Crippen LogP contribution in [0.4, 0.5) is 0 Å². The summed E-state index contributed by atoms with van der Waals surface area (Å²) in [5.74, 6) is -0.0409. The van der Waals surface area contributed by atoms with E-state index in [1.54, 1.807) is 0 Å². The molecular formula is C16H12BrNO. The standard InChI is InChI=1S/C16H12BrNO/c1-10-2-4-11(5-3-10)8-15-14-9-12(17)6-7-13(14)16(19)18-15/h2-9H,1H3,(H,18,19)/b15-8+. The molecular weight excluding hydrogens is 302 g/mol. The second-order valence-electron chi connectivity index (χ2n) is 4.61. The maximum atomic E-state index is 11.9. The van der Waals surface area contributed by atoms with E-state index in [9.17, 15) is 4.79 Å².